The van der Waals surface area contributed by atoms with Gasteiger partial charge in [0.25, 0.3) is 5.91 Å². The van der Waals surface area contributed by atoms with E-state index in [1.807, 2.05) is 0 Å². The van der Waals surface area contributed by atoms with Crippen LogP contribution in [-0.2, 0) is 9.53 Å². The summed E-state index contributed by atoms with van der Waals surface area (Å²) in [5, 5.41) is 14.1. The summed E-state index contributed by atoms with van der Waals surface area (Å²) in [6.45, 7) is 1.37. The summed E-state index contributed by atoms with van der Waals surface area (Å²) < 4.78 is 76.7. The maximum atomic E-state index is 15.2. The van der Waals surface area contributed by atoms with Crippen LogP contribution in [0.1, 0.15) is 84.1 Å². The Balaban J connectivity index is 1.40. The zero-order valence-corrected chi connectivity index (χ0v) is 25.3. The third kappa shape index (κ3) is 4.80. The molecule has 0 bridgehead atoms. The van der Waals surface area contributed by atoms with Gasteiger partial charge in [-0.25, -0.2) is 4.79 Å². The predicted octanol–water partition coefficient (Wildman–Crippen LogP) is 7.55. The van der Waals surface area contributed by atoms with E-state index in [1.165, 1.54) is 32.2 Å². The second kappa shape index (κ2) is 11.1. The molecule has 0 aromatic heterocycles. The van der Waals surface area contributed by atoms with Crippen LogP contribution in [0.25, 0.3) is 0 Å². The second-order valence-corrected chi connectivity index (χ2v) is 13.1. The minimum atomic E-state index is -5.93. The number of esters is 1. The number of benzene rings is 2. The summed E-state index contributed by atoms with van der Waals surface area (Å²) in [7, 11) is 1.22. The van der Waals surface area contributed by atoms with Gasteiger partial charge in [0.2, 0.25) is 0 Å². The normalized spacial score (nSPS) is 29.3. The van der Waals surface area contributed by atoms with Crippen molar-refractivity contribution < 1.29 is 46.2 Å². The van der Waals surface area contributed by atoms with Gasteiger partial charge in [0, 0.05) is 23.3 Å². The smallest absolute Gasteiger partial charge is 0.456 e. The number of anilines is 1. The molecule has 4 aliphatic rings. The summed E-state index contributed by atoms with van der Waals surface area (Å²) >= 11 is 0. The standard InChI is InChI=1S/C35H34F5NO5/c1-32-18-26(19-7-9-20(10-8-19)30(43)41-28-6-4-3-5-25(28)31(44)46-2)29-23-14-12-22(42)17-21(23)11-13-24(29)27(32)15-16-33(32,45)34(36,37)35(38,39)40/h3-10,17,24,26-27,45H,11-16,18H2,1-2H3,(H,41,43)/t24-,26+,27-,32-,33-/m0/s1. The number of aliphatic hydroxyl groups is 1. The minimum absolute atomic E-state index is 0.000744. The topological polar surface area (TPSA) is 92.7 Å². The highest BCUT2D eigenvalue weighted by Gasteiger charge is 2.79. The average Bonchev–Trinajstić information content (AvgIpc) is 3.31. The van der Waals surface area contributed by atoms with Gasteiger partial charge >= 0.3 is 18.1 Å². The molecular weight excluding hydrogens is 609 g/mol. The molecule has 1 amide bonds. The van der Waals surface area contributed by atoms with Crippen molar-refractivity contribution >= 4 is 23.3 Å². The number of hydrogen-bond donors (Lipinski definition) is 2. The van der Waals surface area contributed by atoms with Crippen LogP contribution < -0.4 is 5.32 Å². The molecule has 6 nitrogen and oxygen atoms in total. The van der Waals surface area contributed by atoms with Gasteiger partial charge in [-0.15, -0.1) is 0 Å². The molecule has 0 heterocycles. The first-order valence-electron chi connectivity index (χ1n) is 15.3. The first kappa shape index (κ1) is 32.1. The Labute approximate surface area is 262 Å². The molecule has 0 unspecified atom stereocenters. The van der Waals surface area contributed by atoms with Crippen LogP contribution >= 0.6 is 0 Å². The van der Waals surface area contributed by atoms with Gasteiger partial charge in [-0.3, -0.25) is 9.59 Å². The van der Waals surface area contributed by atoms with Crippen molar-refractivity contribution in [3.05, 3.63) is 88.0 Å². The molecule has 5 atom stereocenters. The lowest BCUT2D eigenvalue weighted by Gasteiger charge is -2.56. The van der Waals surface area contributed by atoms with Crippen molar-refractivity contribution in [1.82, 2.24) is 0 Å². The summed E-state index contributed by atoms with van der Waals surface area (Å²) in [5.74, 6) is -8.06. The number of methoxy groups -OCH3 is 1. The zero-order valence-electron chi connectivity index (χ0n) is 25.3. The van der Waals surface area contributed by atoms with E-state index in [1.54, 1.807) is 36.4 Å². The fraction of sp³-hybridized carbons (Fsp3) is 0.457. The van der Waals surface area contributed by atoms with E-state index in [4.69, 9.17) is 4.74 Å². The van der Waals surface area contributed by atoms with E-state index in [0.29, 0.717) is 24.8 Å². The molecule has 2 fully saturated rings. The van der Waals surface area contributed by atoms with Crippen LogP contribution in [-0.4, -0.2) is 47.6 Å². The van der Waals surface area contributed by atoms with E-state index in [9.17, 15) is 32.7 Å². The van der Waals surface area contributed by atoms with E-state index in [2.05, 4.69) is 5.32 Å². The van der Waals surface area contributed by atoms with Crippen LogP contribution in [0.3, 0.4) is 0 Å². The number of carbonyl (C=O) groups is 3. The molecule has 11 heteroatoms. The van der Waals surface area contributed by atoms with Crippen molar-refractivity contribution in [3.63, 3.8) is 0 Å². The van der Waals surface area contributed by atoms with Gasteiger partial charge in [-0.1, -0.05) is 36.8 Å². The Morgan fingerprint density at radius 3 is 2.35 bits per heavy atom. The molecule has 46 heavy (non-hydrogen) atoms. The Kier molecular flexibility index (Phi) is 7.77. The molecule has 0 aliphatic heterocycles. The minimum Gasteiger partial charge on any atom is -0.465 e. The molecule has 2 saturated carbocycles. The quantitative estimate of drug-likeness (QED) is 0.259. The van der Waals surface area contributed by atoms with Crippen molar-refractivity contribution in [2.75, 3.05) is 12.4 Å². The SMILES string of the molecule is COC(=O)c1ccccc1NC(=O)c1ccc([C@H]2C[C@@]3(C)[C@@H](CC[C@@]3(O)C(F)(F)C(F)(F)F)[C@@H]3CCC4=CC(=O)CCC4=C32)cc1. The van der Waals surface area contributed by atoms with Gasteiger partial charge in [-0.2, -0.15) is 22.0 Å². The molecule has 4 aliphatic carbocycles. The van der Waals surface area contributed by atoms with Gasteiger partial charge in [-0.05, 0) is 97.4 Å². The van der Waals surface area contributed by atoms with Crippen molar-refractivity contribution in [3.8, 4) is 0 Å². The maximum Gasteiger partial charge on any atom is 0.456 e. The highest BCUT2D eigenvalue weighted by molar-refractivity contribution is 6.08. The Hall–Kier alpha value is -3.86. The maximum absolute atomic E-state index is 15.2. The number of hydrogen-bond acceptors (Lipinski definition) is 5. The molecule has 2 N–H and O–H groups in total. The number of rotatable bonds is 5. The number of para-hydroxylation sites is 1. The highest BCUT2D eigenvalue weighted by Crippen LogP contribution is 2.70. The first-order chi connectivity index (χ1) is 21.6. The van der Waals surface area contributed by atoms with Gasteiger partial charge in [0.15, 0.2) is 5.78 Å². The number of ether oxygens (including phenoxy) is 1. The van der Waals surface area contributed by atoms with Crippen LogP contribution in [0.4, 0.5) is 27.6 Å². The third-order valence-corrected chi connectivity index (χ3v) is 10.9. The number of allylic oxidation sites excluding steroid dienone is 4. The lowest BCUT2D eigenvalue weighted by Crippen LogP contribution is -2.65. The Bertz CT molecular complexity index is 1660. The van der Waals surface area contributed by atoms with E-state index >= 15 is 8.78 Å². The van der Waals surface area contributed by atoms with Gasteiger partial charge in [0.05, 0.1) is 18.4 Å². The number of amides is 1. The zero-order chi connectivity index (χ0) is 33.2. The fourth-order valence-electron chi connectivity index (χ4n) is 8.66. The molecule has 0 spiro atoms. The van der Waals surface area contributed by atoms with E-state index in [-0.39, 0.29) is 47.8 Å². The number of carbonyl (C=O) groups excluding carboxylic acids is 3. The largest absolute Gasteiger partial charge is 0.465 e. The number of fused-ring (bicyclic) bond motifs is 4. The number of nitrogens with one attached hydrogen (secondary N) is 1. The van der Waals surface area contributed by atoms with Crippen LogP contribution in [0.15, 0.2) is 71.3 Å². The highest BCUT2D eigenvalue weighted by atomic mass is 19.4. The summed E-state index contributed by atoms with van der Waals surface area (Å²) in [4.78, 5) is 37.6. The average molecular weight is 644 g/mol. The summed E-state index contributed by atoms with van der Waals surface area (Å²) in [6, 6.07) is 12.7. The first-order valence-corrected chi connectivity index (χ1v) is 15.3. The molecule has 0 saturated heterocycles. The molecule has 244 valence electrons. The predicted molar refractivity (Wildman–Crippen MR) is 158 cm³/mol. The molecule has 2 aromatic carbocycles. The third-order valence-electron chi connectivity index (χ3n) is 10.9. The lowest BCUT2D eigenvalue weighted by atomic mass is 9.50. The van der Waals surface area contributed by atoms with Crippen molar-refractivity contribution in [2.24, 2.45) is 17.3 Å². The van der Waals surface area contributed by atoms with Crippen LogP contribution in [0.5, 0.6) is 0 Å². The molecule has 2 aromatic rings. The Morgan fingerprint density at radius 1 is 0.978 bits per heavy atom. The molecule has 6 rings (SSSR count). The van der Waals surface area contributed by atoms with Crippen LogP contribution in [0.2, 0.25) is 0 Å². The van der Waals surface area contributed by atoms with E-state index in [0.717, 1.165) is 16.7 Å². The lowest BCUT2D eigenvalue weighted by molar-refractivity contribution is -0.362. The number of alkyl halides is 5. The summed E-state index contributed by atoms with van der Waals surface area (Å²) in [5.41, 5.74) is -1.06. The number of ketones is 1. The van der Waals surface area contributed by atoms with Gasteiger partial charge in [0.1, 0.15) is 5.60 Å². The summed E-state index contributed by atoms with van der Waals surface area (Å²) in [6.07, 6.45) is -3.40. The van der Waals surface area contributed by atoms with Crippen LogP contribution in [0, 0.1) is 17.3 Å². The Morgan fingerprint density at radius 2 is 1.67 bits per heavy atom. The molecular formula is C35H34F5NO5. The van der Waals surface area contributed by atoms with E-state index < -0.39 is 53.2 Å². The fourth-order valence-corrected chi connectivity index (χ4v) is 8.66. The number of halogens is 5. The van der Waals surface area contributed by atoms with Gasteiger partial charge < -0.3 is 15.2 Å². The molecule has 0 radical (unpaired) electrons. The monoisotopic (exact) mass is 643 g/mol. The second-order valence-electron chi connectivity index (χ2n) is 13.1. The van der Waals surface area contributed by atoms with Crippen molar-refractivity contribution in [1.29, 1.82) is 0 Å². The van der Waals surface area contributed by atoms with Crippen molar-refractivity contribution in [2.45, 2.75) is 75.5 Å².